The number of hydrogen-bond donors (Lipinski definition) is 1. The molecule has 0 aliphatic carbocycles. The van der Waals surface area contributed by atoms with E-state index in [9.17, 15) is 5.11 Å². The van der Waals surface area contributed by atoms with Crippen molar-refractivity contribution in [3.05, 3.63) is 47.0 Å². The van der Waals surface area contributed by atoms with Crippen LogP contribution >= 0.6 is 11.3 Å². The van der Waals surface area contributed by atoms with E-state index in [2.05, 4.69) is 24.1 Å². The smallest absolute Gasteiger partial charge is 0.185 e. The van der Waals surface area contributed by atoms with Gasteiger partial charge >= 0.3 is 0 Å². The highest BCUT2D eigenvalue weighted by atomic mass is 32.1. The van der Waals surface area contributed by atoms with E-state index in [4.69, 9.17) is 4.98 Å². The standard InChI is InChI=1S/C17H22N2OS/c1-17(2)9-6-10-19(17)16-18-14(12-21-16)11-15(20)13-7-4-3-5-8-13/h3-5,7-8,12,15,20H,6,9-11H2,1-2H3. The maximum atomic E-state index is 10.3. The maximum Gasteiger partial charge on any atom is 0.185 e. The lowest BCUT2D eigenvalue weighted by Crippen LogP contribution is -2.38. The lowest BCUT2D eigenvalue weighted by Gasteiger charge is -2.31. The molecule has 0 spiro atoms. The summed E-state index contributed by atoms with van der Waals surface area (Å²) in [6.45, 7) is 5.64. The molecule has 4 heteroatoms. The van der Waals surface area contributed by atoms with Gasteiger partial charge in [0.2, 0.25) is 0 Å². The van der Waals surface area contributed by atoms with Gasteiger partial charge in [-0.3, -0.25) is 0 Å². The molecule has 1 unspecified atom stereocenters. The lowest BCUT2D eigenvalue weighted by molar-refractivity contribution is 0.177. The maximum absolute atomic E-state index is 10.3. The zero-order valence-electron chi connectivity index (χ0n) is 12.6. The van der Waals surface area contributed by atoms with Crippen molar-refractivity contribution in [2.75, 3.05) is 11.4 Å². The molecule has 1 N–H and O–H groups in total. The van der Waals surface area contributed by atoms with E-state index in [-0.39, 0.29) is 5.54 Å². The average molecular weight is 302 g/mol. The Bertz CT molecular complexity index is 594. The first-order chi connectivity index (χ1) is 10.1. The van der Waals surface area contributed by atoms with Crippen LogP contribution in [0.4, 0.5) is 5.13 Å². The first kappa shape index (κ1) is 14.5. The summed E-state index contributed by atoms with van der Waals surface area (Å²) in [6.07, 6.45) is 2.55. The molecule has 1 saturated heterocycles. The van der Waals surface area contributed by atoms with E-state index < -0.39 is 6.10 Å². The van der Waals surface area contributed by atoms with Crippen LogP contribution in [0, 0.1) is 0 Å². The Morgan fingerprint density at radius 1 is 1.33 bits per heavy atom. The molecule has 1 aliphatic rings. The number of benzene rings is 1. The summed E-state index contributed by atoms with van der Waals surface area (Å²) in [5, 5.41) is 13.5. The monoisotopic (exact) mass is 302 g/mol. The van der Waals surface area contributed by atoms with Crippen LogP contribution in [-0.2, 0) is 6.42 Å². The minimum absolute atomic E-state index is 0.202. The van der Waals surface area contributed by atoms with Crippen molar-refractivity contribution >= 4 is 16.5 Å². The number of anilines is 1. The summed E-state index contributed by atoms with van der Waals surface area (Å²) >= 11 is 1.69. The summed E-state index contributed by atoms with van der Waals surface area (Å²) < 4.78 is 0. The highest BCUT2D eigenvalue weighted by molar-refractivity contribution is 7.13. The summed E-state index contributed by atoms with van der Waals surface area (Å²) in [5.74, 6) is 0. The SMILES string of the molecule is CC1(C)CCCN1c1nc(CC(O)c2ccccc2)cs1. The molecule has 1 aromatic heterocycles. The van der Waals surface area contributed by atoms with Crippen LogP contribution in [0.1, 0.15) is 44.1 Å². The number of rotatable bonds is 4. The van der Waals surface area contributed by atoms with Crippen LogP contribution in [0.15, 0.2) is 35.7 Å². The summed E-state index contributed by atoms with van der Waals surface area (Å²) in [7, 11) is 0. The van der Waals surface area contributed by atoms with Gasteiger partial charge in [0.15, 0.2) is 5.13 Å². The quantitative estimate of drug-likeness (QED) is 0.933. The number of thiazole rings is 1. The first-order valence-electron chi connectivity index (χ1n) is 7.51. The van der Waals surface area contributed by atoms with Gasteiger partial charge in [-0.2, -0.15) is 0 Å². The van der Waals surface area contributed by atoms with Gasteiger partial charge in [-0.1, -0.05) is 30.3 Å². The van der Waals surface area contributed by atoms with Crippen molar-refractivity contribution in [1.29, 1.82) is 0 Å². The number of aromatic nitrogens is 1. The molecule has 0 bridgehead atoms. The largest absolute Gasteiger partial charge is 0.388 e. The Hall–Kier alpha value is -1.39. The second-order valence-corrected chi connectivity index (χ2v) is 7.16. The molecular formula is C17H22N2OS. The van der Waals surface area contributed by atoms with Crippen molar-refractivity contribution in [2.45, 2.75) is 44.8 Å². The molecular weight excluding hydrogens is 280 g/mol. The molecule has 1 aromatic carbocycles. The molecule has 2 heterocycles. The number of nitrogens with zero attached hydrogens (tertiary/aromatic N) is 2. The molecule has 3 rings (SSSR count). The predicted octanol–water partition coefficient (Wildman–Crippen LogP) is 3.80. The van der Waals surface area contributed by atoms with Gasteiger partial charge in [0, 0.05) is 23.9 Å². The van der Waals surface area contributed by atoms with Crippen molar-refractivity contribution in [1.82, 2.24) is 4.98 Å². The lowest BCUT2D eigenvalue weighted by atomic mass is 10.0. The topological polar surface area (TPSA) is 36.4 Å². The molecule has 1 fully saturated rings. The molecule has 112 valence electrons. The Labute approximate surface area is 130 Å². The minimum Gasteiger partial charge on any atom is -0.388 e. The zero-order valence-corrected chi connectivity index (χ0v) is 13.4. The van der Waals surface area contributed by atoms with E-state index in [1.165, 1.54) is 12.8 Å². The van der Waals surface area contributed by atoms with Gasteiger partial charge < -0.3 is 10.0 Å². The third-order valence-electron chi connectivity index (χ3n) is 4.26. The van der Waals surface area contributed by atoms with E-state index in [1.54, 1.807) is 11.3 Å². The summed E-state index contributed by atoms with van der Waals surface area (Å²) in [5.41, 5.74) is 2.13. The number of hydrogen-bond acceptors (Lipinski definition) is 4. The van der Waals surface area contributed by atoms with Crippen molar-refractivity contribution in [3.63, 3.8) is 0 Å². The van der Waals surface area contributed by atoms with Gasteiger partial charge in [-0.25, -0.2) is 4.98 Å². The highest BCUT2D eigenvalue weighted by Crippen LogP contribution is 2.35. The fourth-order valence-electron chi connectivity index (χ4n) is 2.97. The normalized spacial score (nSPS) is 18.9. The van der Waals surface area contributed by atoms with Gasteiger partial charge in [0.05, 0.1) is 11.8 Å². The van der Waals surface area contributed by atoms with Gasteiger partial charge in [0.25, 0.3) is 0 Å². The Kier molecular flexibility index (Phi) is 4.00. The molecule has 1 aliphatic heterocycles. The third kappa shape index (κ3) is 3.11. The zero-order chi connectivity index (χ0) is 14.9. The van der Waals surface area contributed by atoms with Crippen LogP contribution in [0.25, 0.3) is 0 Å². The molecule has 21 heavy (non-hydrogen) atoms. The van der Waals surface area contributed by atoms with Gasteiger partial charge in [0.1, 0.15) is 0 Å². The molecule has 0 amide bonds. The number of aliphatic hydroxyl groups excluding tert-OH is 1. The summed E-state index contributed by atoms with van der Waals surface area (Å²) in [4.78, 5) is 7.14. The Morgan fingerprint density at radius 3 is 2.76 bits per heavy atom. The molecule has 0 radical (unpaired) electrons. The Morgan fingerprint density at radius 2 is 2.10 bits per heavy atom. The molecule has 0 saturated carbocycles. The van der Waals surface area contributed by atoms with Crippen molar-refractivity contribution in [2.24, 2.45) is 0 Å². The van der Waals surface area contributed by atoms with E-state index >= 15 is 0 Å². The van der Waals surface area contributed by atoms with Gasteiger partial charge in [-0.05, 0) is 32.3 Å². The van der Waals surface area contributed by atoms with Crippen LogP contribution in [0.5, 0.6) is 0 Å². The average Bonchev–Trinajstić information content (AvgIpc) is 3.05. The van der Waals surface area contributed by atoms with Crippen LogP contribution in [-0.4, -0.2) is 22.2 Å². The second kappa shape index (κ2) is 5.78. The van der Waals surface area contributed by atoms with E-state index in [0.717, 1.165) is 22.9 Å². The molecule has 3 nitrogen and oxygen atoms in total. The van der Waals surface area contributed by atoms with Crippen molar-refractivity contribution in [3.8, 4) is 0 Å². The highest BCUT2D eigenvalue weighted by Gasteiger charge is 2.33. The fraction of sp³-hybridized carbons (Fsp3) is 0.471. The van der Waals surface area contributed by atoms with Gasteiger partial charge in [-0.15, -0.1) is 11.3 Å². The van der Waals surface area contributed by atoms with E-state index in [0.29, 0.717) is 6.42 Å². The minimum atomic E-state index is -0.479. The Balaban J connectivity index is 1.71. The van der Waals surface area contributed by atoms with E-state index in [1.807, 2.05) is 30.3 Å². The van der Waals surface area contributed by atoms with Crippen LogP contribution in [0.2, 0.25) is 0 Å². The predicted molar refractivity (Wildman–Crippen MR) is 87.9 cm³/mol. The first-order valence-corrected chi connectivity index (χ1v) is 8.39. The molecule has 2 aromatic rings. The van der Waals surface area contributed by atoms with Crippen LogP contribution < -0.4 is 4.90 Å². The number of aliphatic hydroxyl groups is 1. The summed E-state index contributed by atoms with van der Waals surface area (Å²) in [6, 6.07) is 9.80. The fourth-order valence-corrected chi connectivity index (χ4v) is 3.99. The van der Waals surface area contributed by atoms with Crippen LogP contribution in [0.3, 0.4) is 0 Å². The van der Waals surface area contributed by atoms with Crippen molar-refractivity contribution < 1.29 is 5.11 Å². The third-order valence-corrected chi connectivity index (χ3v) is 5.17. The second-order valence-electron chi connectivity index (χ2n) is 6.32. The molecule has 1 atom stereocenters.